The molecule has 1 saturated heterocycles. The number of aliphatic hydroxyl groups excluding tert-OH is 3. The molecular formula is C22H36N4O4. The van der Waals surface area contributed by atoms with Gasteiger partial charge in [0.1, 0.15) is 30.0 Å². The number of aromatic nitrogens is 3. The summed E-state index contributed by atoms with van der Waals surface area (Å²) in [6.45, 7) is 4.77. The van der Waals surface area contributed by atoms with E-state index in [0.717, 1.165) is 30.0 Å². The van der Waals surface area contributed by atoms with Crippen LogP contribution in [0.15, 0.2) is 12.1 Å². The maximum absolute atomic E-state index is 10.3. The Kier molecular flexibility index (Phi) is 8.05. The first-order valence-electron chi connectivity index (χ1n) is 11.1. The van der Waals surface area contributed by atoms with Gasteiger partial charge in [-0.2, -0.15) is 0 Å². The number of fused-ring (bicyclic) bond motifs is 1. The van der Waals surface area contributed by atoms with Crippen molar-refractivity contribution < 1.29 is 20.1 Å². The second-order valence-electron chi connectivity index (χ2n) is 8.37. The van der Waals surface area contributed by atoms with E-state index in [1.165, 1.54) is 32.1 Å². The van der Waals surface area contributed by atoms with Gasteiger partial charge in [0.05, 0.1) is 23.9 Å². The Morgan fingerprint density at radius 3 is 2.47 bits per heavy atom. The van der Waals surface area contributed by atoms with Crippen LogP contribution in [0.1, 0.15) is 57.0 Å². The first-order valence-corrected chi connectivity index (χ1v) is 11.1. The van der Waals surface area contributed by atoms with Crippen LogP contribution in [0.4, 0.5) is 5.82 Å². The minimum absolute atomic E-state index is 0.307. The summed E-state index contributed by atoms with van der Waals surface area (Å²) in [6.07, 6.45) is 4.27. The molecule has 3 heterocycles. The average molecular weight is 421 g/mol. The maximum atomic E-state index is 10.3. The van der Waals surface area contributed by atoms with E-state index < -0.39 is 24.4 Å². The van der Waals surface area contributed by atoms with Crippen molar-refractivity contribution >= 4 is 11.3 Å². The van der Waals surface area contributed by atoms with Crippen LogP contribution in [-0.4, -0.2) is 74.5 Å². The summed E-state index contributed by atoms with van der Waals surface area (Å²) in [5.41, 5.74) is 1.77. The molecular weight excluding hydrogens is 384 g/mol. The van der Waals surface area contributed by atoms with Crippen LogP contribution < -0.4 is 4.90 Å². The standard InChI is InChI=1S/C22H36N4O4/c1-4-5-6-7-8-9-12-25(3)19-11-10-16-15(2)23-20(26(16)24-19)13-17-21(28)22(29)18(14-27)30-17/h10-11,17-18,21-22,27-29H,4-9,12-14H2,1-3H3/t17-,18+,21-,22+/m0/s1. The Morgan fingerprint density at radius 2 is 1.77 bits per heavy atom. The molecule has 8 nitrogen and oxygen atoms in total. The van der Waals surface area contributed by atoms with Gasteiger partial charge in [-0.3, -0.25) is 0 Å². The summed E-state index contributed by atoms with van der Waals surface area (Å²) in [7, 11) is 2.05. The molecule has 168 valence electrons. The predicted octanol–water partition coefficient (Wildman–Crippen LogP) is 1.86. The van der Waals surface area contributed by atoms with Gasteiger partial charge < -0.3 is 25.0 Å². The van der Waals surface area contributed by atoms with Crippen molar-refractivity contribution in [3.05, 3.63) is 23.7 Å². The topological polar surface area (TPSA) is 103 Å². The Morgan fingerprint density at radius 1 is 1.07 bits per heavy atom. The number of imidazole rings is 1. The molecule has 3 rings (SSSR count). The summed E-state index contributed by atoms with van der Waals surface area (Å²) in [4.78, 5) is 6.77. The second-order valence-corrected chi connectivity index (χ2v) is 8.37. The van der Waals surface area contributed by atoms with Crippen molar-refractivity contribution in [1.29, 1.82) is 0 Å². The molecule has 0 amide bonds. The number of hydrogen-bond donors (Lipinski definition) is 3. The molecule has 0 saturated carbocycles. The number of aryl methyl sites for hydroxylation is 1. The van der Waals surface area contributed by atoms with Crippen LogP contribution in [0.5, 0.6) is 0 Å². The van der Waals surface area contributed by atoms with E-state index in [1.807, 2.05) is 19.1 Å². The van der Waals surface area contributed by atoms with Crippen molar-refractivity contribution in [3.8, 4) is 0 Å². The van der Waals surface area contributed by atoms with Crippen molar-refractivity contribution in [1.82, 2.24) is 14.6 Å². The summed E-state index contributed by atoms with van der Waals surface area (Å²) < 4.78 is 7.43. The highest BCUT2D eigenvalue weighted by molar-refractivity contribution is 5.55. The zero-order chi connectivity index (χ0) is 21.7. The third-order valence-electron chi connectivity index (χ3n) is 6.00. The van der Waals surface area contributed by atoms with E-state index in [4.69, 9.17) is 9.84 Å². The molecule has 0 radical (unpaired) electrons. The number of unbranched alkanes of at least 4 members (excludes halogenated alkanes) is 5. The van der Waals surface area contributed by atoms with Gasteiger partial charge in [0.25, 0.3) is 0 Å². The van der Waals surface area contributed by atoms with Gasteiger partial charge in [0.15, 0.2) is 0 Å². The van der Waals surface area contributed by atoms with Gasteiger partial charge in [-0.05, 0) is 25.5 Å². The first kappa shape index (κ1) is 22.9. The van der Waals surface area contributed by atoms with Gasteiger partial charge in [0, 0.05) is 20.0 Å². The molecule has 2 aromatic heterocycles. The lowest BCUT2D eigenvalue weighted by molar-refractivity contribution is -0.0221. The fraction of sp³-hybridized carbons (Fsp3) is 0.727. The summed E-state index contributed by atoms with van der Waals surface area (Å²) in [5, 5.41) is 34.4. The fourth-order valence-electron chi connectivity index (χ4n) is 4.09. The zero-order valence-corrected chi connectivity index (χ0v) is 18.4. The van der Waals surface area contributed by atoms with Gasteiger partial charge in [-0.15, -0.1) is 5.10 Å². The van der Waals surface area contributed by atoms with Crippen molar-refractivity contribution in [2.24, 2.45) is 0 Å². The van der Waals surface area contributed by atoms with E-state index >= 15 is 0 Å². The van der Waals surface area contributed by atoms with Crippen LogP contribution in [0.3, 0.4) is 0 Å². The van der Waals surface area contributed by atoms with Crippen LogP contribution in [0, 0.1) is 6.92 Å². The SMILES string of the molecule is CCCCCCCCN(C)c1ccc2c(C)nc(C[C@@H]3O[C@H](CO)[C@@H](O)[C@H]3O)n2n1. The Labute approximate surface area is 178 Å². The van der Waals surface area contributed by atoms with E-state index in [2.05, 4.69) is 23.9 Å². The predicted molar refractivity (Wildman–Crippen MR) is 116 cm³/mol. The highest BCUT2D eigenvalue weighted by Crippen LogP contribution is 2.25. The first-order chi connectivity index (χ1) is 14.5. The lowest BCUT2D eigenvalue weighted by Gasteiger charge is -2.18. The molecule has 1 aliphatic rings. The monoisotopic (exact) mass is 420 g/mol. The summed E-state index contributed by atoms with van der Waals surface area (Å²) >= 11 is 0. The highest BCUT2D eigenvalue weighted by Gasteiger charge is 2.42. The number of nitrogens with zero attached hydrogens (tertiary/aromatic N) is 4. The van der Waals surface area contributed by atoms with Crippen LogP contribution >= 0.6 is 0 Å². The lowest BCUT2D eigenvalue weighted by atomic mass is 10.1. The van der Waals surface area contributed by atoms with Crippen molar-refractivity contribution in [2.75, 3.05) is 25.1 Å². The van der Waals surface area contributed by atoms with Gasteiger partial charge in [-0.25, -0.2) is 9.50 Å². The third-order valence-corrected chi connectivity index (χ3v) is 6.00. The van der Waals surface area contributed by atoms with Crippen LogP contribution in [-0.2, 0) is 11.2 Å². The van der Waals surface area contributed by atoms with Crippen molar-refractivity contribution in [2.45, 2.75) is 83.2 Å². The molecule has 0 aromatic carbocycles. The average Bonchev–Trinajstić information content (AvgIpc) is 3.21. The summed E-state index contributed by atoms with van der Waals surface area (Å²) in [6, 6.07) is 4.03. The maximum Gasteiger partial charge on any atom is 0.149 e. The Balaban J connectivity index is 1.68. The largest absolute Gasteiger partial charge is 0.394 e. The molecule has 8 heteroatoms. The van der Waals surface area contributed by atoms with E-state index in [-0.39, 0.29) is 6.61 Å². The molecule has 1 aliphatic heterocycles. The lowest BCUT2D eigenvalue weighted by Crippen LogP contribution is -2.34. The quantitative estimate of drug-likeness (QED) is 0.477. The van der Waals surface area contributed by atoms with Gasteiger partial charge >= 0.3 is 0 Å². The third kappa shape index (κ3) is 5.11. The molecule has 4 atom stereocenters. The molecule has 0 aliphatic carbocycles. The Bertz CT molecular complexity index is 812. The minimum Gasteiger partial charge on any atom is -0.394 e. The van der Waals surface area contributed by atoms with Gasteiger partial charge in [-0.1, -0.05) is 39.0 Å². The number of aliphatic hydroxyl groups is 3. The van der Waals surface area contributed by atoms with E-state index in [9.17, 15) is 15.3 Å². The Hall–Kier alpha value is -1.74. The van der Waals surface area contributed by atoms with Crippen LogP contribution in [0.25, 0.3) is 5.52 Å². The molecule has 0 bridgehead atoms. The number of anilines is 1. The van der Waals surface area contributed by atoms with Crippen molar-refractivity contribution in [3.63, 3.8) is 0 Å². The molecule has 1 fully saturated rings. The minimum atomic E-state index is -1.10. The fourth-order valence-corrected chi connectivity index (χ4v) is 4.09. The second kappa shape index (κ2) is 10.5. The molecule has 3 N–H and O–H groups in total. The van der Waals surface area contributed by atoms with Crippen LogP contribution in [0.2, 0.25) is 0 Å². The molecule has 2 aromatic rings. The molecule has 0 spiro atoms. The zero-order valence-electron chi connectivity index (χ0n) is 18.4. The normalized spacial score (nSPS) is 24.1. The molecule has 0 unspecified atom stereocenters. The number of ether oxygens (including phenoxy) is 1. The summed E-state index contributed by atoms with van der Waals surface area (Å²) in [5.74, 6) is 1.54. The smallest absolute Gasteiger partial charge is 0.149 e. The number of rotatable bonds is 11. The van der Waals surface area contributed by atoms with E-state index in [0.29, 0.717) is 12.2 Å². The van der Waals surface area contributed by atoms with E-state index in [1.54, 1.807) is 4.52 Å². The highest BCUT2D eigenvalue weighted by atomic mass is 16.6. The number of hydrogen-bond acceptors (Lipinski definition) is 7. The van der Waals surface area contributed by atoms with Gasteiger partial charge in [0.2, 0.25) is 0 Å². The molecule has 30 heavy (non-hydrogen) atoms.